The number of piperidine rings is 1. The Morgan fingerprint density at radius 3 is 2.27 bits per heavy atom. The Morgan fingerprint density at radius 1 is 1.00 bits per heavy atom. The summed E-state index contributed by atoms with van der Waals surface area (Å²) in [5.41, 5.74) is -0.883. The van der Waals surface area contributed by atoms with Crippen molar-refractivity contribution in [3.05, 3.63) is 39.0 Å². The molecule has 4 rings (SSSR count). The Balaban J connectivity index is 1.72. The van der Waals surface area contributed by atoms with Gasteiger partial charge in [0.2, 0.25) is 15.9 Å². The van der Waals surface area contributed by atoms with E-state index < -0.39 is 21.3 Å². The van der Waals surface area contributed by atoms with E-state index in [9.17, 15) is 22.8 Å². The highest BCUT2D eigenvalue weighted by atomic mass is 32.2. The number of nitrogens with zero attached hydrogens (tertiary/aromatic N) is 4. The van der Waals surface area contributed by atoms with E-state index in [4.69, 9.17) is 0 Å². The highest BCUT2D eigenvalue weighted by Gasteiger charge is 2.29. The second-order valence-electron chi connectivity index (χ2n) is 9.29. The quantitative estimate of drug-likeness (QED) is 0.666. The molecule has 0 N–H and O–H groups in total. The van der Waals surface area contributed by atoms with Crippen LogP contribution in [0.15, 0.2) is 32.7 Å². The molecular weight excluding hydrogens is 444 g/mol. The van der Waals surface area contributed by atoms with Crippen LogP contribution in [0, 0.1) is 5.92 Å². The molecule has 33 heavy (non-hydrogen) atoms. The number of hydrogen-bond donors (Lipinski definition) is 0. The number of aromatic nitrogens is 2. The summed E-state index contributed by atoms with van der Waals surface area (Å²) in [7, 11) is -2.23. The van der Waals surface area contributed by atoms with Gasteiger partial charge in [0, 0.05) is 33.2 Å². The van der Waals surface area contributed by atoms with Crippen molar-refractivity contribution in [2.24, 2.45) is 13.0 Å². The van der Waals surface area contributed by atoms with Gasteiger partial charge in [0.25, 0.3) is 5.56 Å². The fraction of sp³-hybridized carbons (Fsp3) is 0.609. The van der Waals surface area contributed by atoms with Crippen molar-refractivity contribution in [1.29, 1.82) is 0 Å². The first-order valence-corrected chi connectivity index (χ1v) is 13.2. The zero-order valence-corrected chi connectivity index (χ0v) is 20.1. The number of carbonyl (C=O) groups is 1. The largest absolute Gasteiger partial charge is 0.341 e. The molecule has 3 heterocycles. The number of carbonyl (C=O) groups excluding carboxylic acids is 1. The zero-order valence-electron chi connectivity index (χ0n) is 19.3. The lowest BCUT2D eigenvalue weighted by Crippen LogP contribution is -2.44. The minimum Gasteiger partial charge on any atom is -0.341 e. The van der Waals surface area contributed by atoms with E-state index in [1.807, 2.05) is 0 Å². The van der Waals surface area contributed by atoms with Crippen molar-refractivity contribution >= 4 is 26.8 Å². The summed E-state index contributed by atoms with van der Waals surface area (Å²) in [6, 6.07) is 4.29. The summed E-state index contributed by atoms with van der Waals surface area (Å²) in [4.78, 5) is 40.7. The second kappa shape index (κ2) is 9.42. The molecule has 2 aliphatic rings. The van der Waals surface area contributed by atoms with Crippen LogP contribution in [0.2, 0.25) is 0 Å². The number of fused-ring (bicyclic) bond motifs is 1. The molecule has 0 radical (unpaired) electrons. The van der Waals surface area contributed by atoms with E-state index in [0.717, 1.165) is 43.1 Å². The Kier molecular flexibility index (Phi) is 6.76. The Morgan fingerprint density at radius 2 is 1.64 bits per heavy atom. The topological polar surface area (TPSA) is 102 Å². The van der Waals surface area contributed by atoms with Gasteiger partial charge in [0.05, 0.1) is 15.8 Å². The van der Waals surface area contributed by atoms with Crippen LogP contribution in [0.25, 0.3) is 10.9 Å². The van der Waals surface area contributed by atoms with Gasteiger partial charge in [0.1, 0.15) is 6.54 Å². The van der Waals surface area contributed by atoms with Crippen LogP contribution in [0.5, 0.6) is 0 Å². The van der Waals surface area contributed by atoms with Crippen molar-refractivity contribution in [3.63, 3.8) is 0 Å². The van der Waals surface area contributed by atoms with Crippen LogP contribution in [0.1, 0.15) is 45.4 Å². The van der Waals surface area contributed by atoms with E-state index >= 15 is 0 Å². The number of rotatable bonds is 4. The highest BCUT2D eigenvalue weighted by Crippen LogP contribution is 2.25. The molecule has 180 valence electrons. The lowest BCUT2D eigenvalue weighted by Gasteiger charge is -2.29. The molecule has 1 aromatic carbocycles. The van der Waals surface area contributed by atoms with Crippen molar-refractivity contribution in [2.75, 3.05) is 26.2 Å². The van der Waals surface area contributed by atoms with E-state index in [2.05, 4.69) is 6.92 Å². The molecule has 0 aliphatic carbocycles. The predicted octanol–water partition coefficient (Wildman–Crippen LogP) is 1.52. The lowest BCUT2D eigenvalue weighted by atomic mass is 10.0. The number of aryl methyl sites for hydroxylation is 1. The maximum absolute atomic E-state index is 13.3. The second-order valence-corrected chi connectivity index (χ2v) is 11.2. The molecule has 1 aromatic heterocycles. The van der Waals surface area contributed by atoms with Crippen molar-refractivity contribution < 1.29 is 13.2 Å². The fourth-order valence-electron chi connectivity index (χ4n) is 4.72. The third-order valence-corrected chi connectivity index (χ3v) is 8.85. The first kappa shape index (κ1) is 23.7. The molecule has 2 aromatic rings. The molecule has 0 bridgehead atoms. The third kappa shape index (κ3) is 4.63. The first-order valence-electron chi connectivity index (χ1n) is 11.7. The van der Waals surface area contributed by atoms with Gasteiger partial charge in [-0.25, -0.2) is 13.2 Å². The van der Waals surface area contributed by atoms with E-state index in [1.165, 1.54) is 34.1 Å². The lowest BCUT2D eigenvalue weighted by molar-refractivity contribution is -0.131. The number of amides is 1. The number of hydrogen-bond acceptors (Lipinski definition) is 5. The summed E-state index contributed by atoms with van der Waals surface area (Å²) < 4.78 is 30.1. The van der Waals surface area contributed by atoms with Gasteiger partial charge in [-0.05, 0) is 49.8 Å². The Bertz CT molecular complexity index is 1260. The normalized spacial score (nSPS) is 19.0. The molecule has 10 heteroatoms. The van der Waals surface area contributed by atoms with Gasteiger partial charge in [-0.2, -0.15) is 4.31 Å². The molecule has 9 nitrogen and oxygen atoms in total. The minimum absolute atomic E-state index is 0.0331. The van der Waals surface area contributed by atoms with Gasteiger partial charge >= 0.3 is 5.69 Å². The highest BCUT2D eigenvalue weighted by molar-refractivity contribution is 7.89. The van der Waals surface area contributed by atoms with E-state index in [-0.39, 0.29) is 22.7 Å². The summed E-state index contributed by atoms with van der Waals surface area (Å²) >= 11 is 0. The van der Waals surface area contributed by atoms with Gasteiger partial charge < -0.3 is 4.90 Å². The monoisotopic (exact) mass is 476 g/mol. The Hall–Kier alpha value is -2.46. The minimum atomic E-state index is -3.75. The number of sulfonamides is 1. The van der Waals surface area contributed by atoms with Crippen LogP contribution in [-0.4, -0.2) is 58.8 Å². The standard InChI is InChI=1S/C23H32N4O5S/c1-17-9-13-26(14-10-17)33(31,32)18-7-8-20-19(15-18)22(29)27(23(30)24(20)2)16-21(28)25-11-5-3-4-6-12-25/h7-8,15,17H,3-6,9-14,16H2,1-2H3. The van der Waals surface area contributed by atoms with Crippen LogP contribution in [0.4, 0.5) is 0 Å². The third-order valence-electron chi connectivity index (χ3n) is 6.96. The molecule has 0 unspecified atom stereocenters. The smallest absolute Gasteiger partial charge is 0.331 e. The summed E-state index contributed by atoms with van der Waals surface area (Å²) in [5, 5.41) is 0.118. The maximum atomic E-state index is 13.3. The van der Waals surface area contributed by atoms with Crippen molar-refractivity contribution in [2.45, 2.75) is 56.9 Å². The van der Waals surface area contributed by atoms with E-state index in [1.54, 1.807) is 4.90 Å². The fourth-order valence-corrected chi connectivity index (χ4v) is 6.22. The SMILES string of the molecule is CC1CCN(S(=O)(=O)c2ccc3c(c2)c(=O)n(CC(=O)N2CCCCCC2)c(=O)n3C)CC1. The van der Waals surface area contributed by atoms with Gasteiger partial charge in [-0.1, -0.05) is 19.8 Å². The summed E-state index contributed by atoms with van der Waals surface area (Å²) in [5.74, 6) is 0.221. The van der Waals surface area contributed by atoms with Gasteiger partial charge in [-0.3, -0.25) is 18.7 Å². The zero-order chi connectivity index (χ0) is 23.8. The maximum Gasteiger partial charge on any atom is 0.331 e. The predicted molar refractivity (Wildman–Crippen MR) is 126 cm³/mol. The number of likely N-dealkylation sites (tertiary alicyclic amines) is 1. The van der Waals surface area contributed by atoms with Crippen molar-refractivity contribution in [1.82, 2.24) is 18.3 Å². The van der Waals surface area contributed by atoms with Gasteiger partial charge in [0.15, 0.2) is 0 Å². The molecule has 2 fully saturated rings. The molecule has 0 atom stereocenters. The summed E-state index contributed by atoms with van der Waals surface area (Å²) in [6.07, 6.45) is 5.54. The van der Waals surface area contributed by atoms with Crippen LogP contribution < -0.4 is 11.2 Å². The van der Waals surface area contributed by atoms with Crippen LogP contribution in [-0.2, 0) is 28.4 Å². The molecule has 0 saturated carbocycles. The van der Waals surface area contributed by atoms with Gasteiger partial charge in [-0.15, -0.1) is 0 Å². The van der Waals surface area contributed by atoms with Crippen molar-refractivity contribution in [3.8, 4) is 0 Å². The van der Waals surface area contributed by atoms with E-state index in [0.29, 0.717) is 37.6 Å². The average Bonchev–Trinajstić information content (AvgIpc) is 3.10. The molecular formula is C23H32N4O5S. The molecule has 0 spiro atoms. The Labute approximate surface area is 193 Å². The van der Waals surface area contributed by atoms with Crippen LogP contribution in [0.3, 0.4) is 0 Å². The number of benzene rings is 1. The molecule has 1 amide bonds. The average molecular weight is 477 g/mol. The first-order chi connectivity index (χ1) is 15.7. The summed E-state index contributed by atoms with van der Waals surface area (Å²) in [6.45, 7) is 3.90. The molecule has 2 aliphatic heterocycles. The molecule has 2 saturated heterocycles. The van der Waals surface area contributed by atoms with Crippen LogP contribution >= 0.6 is 0 Å².